The lowest BCUT2D eigenvalue weighted by atomic mass is 10.1. The van der Waals surface area contributed by atoms with Crippen molar-refractivity contribution in [2.75, 3.05) is 18.2 Å². The Morgan fingerprint density at radius 1 is 1.30 bits per heavy atom. The number of aryl methyl sites for hydroxylation is 2. The van der Waals surface area contributed by atoms with Crippen molar-refractivity contribution >= 4 is 17.3 Å². The fourth-order valence-corrected chi connectivity index (χ4v) is 1.88. The van der Waals surface area contributed by atoms with Crippen molar-refractivity contribution in [3.63, 3.8) is 0 Å². The van der Waals surface area contributed by atoms with E-state index in [-0.39, 0.29) is 5.91 Å². The number of anilines is 2. The van der Waals surface area contributed by atoms with Gasteiger partial charge in [-0.2, -0.15) is 0 Å². The maximum absolute atomic E-state index is 12.2. The van der Waals surface area contributed by atoms with Crippen molar-refractivity contribution in [1.29, 1.82) is 0 Å². The van der Waals surface area contributed by atoms with E-state index in [4.69, 9.17) is 10.5 Å². The Kier molecular flexibility index (Phi) is 3.89. The summed E-state index contributed by atoms with van der Waals surface area (Å²) in [4.78, 5) is 16.3. The minimum atomic E-state index is -0.307. The summed E-state index contributed by atoms with van der Waals surface area (Å²) in [6, 6.07) is 7.23. The number of carbonyl (C=O) groups excluding carboxylic acids is 1. The van der Waals surface area contributed by atoms with Crippen molar-refractivity contribution in [2.24, 2.45) is 0 Å². The zero-order valence-electron chi connectivity index (χ0n) is 11.7. The molecule has 1 aromatic carbocycles. The smallest absolute Gasteiger partial charge is 0.259 e. The summed E-state index contributed by atoms with van der Waals surface area (Å²) in [5.74, 6) is 0.293. The van der Waals surface area contributed by atoms with Crippen LogP contribution in [0.15, 0.2) is 30.5 Å². The Morgan fingerprint density at radius 2 is 2.05 bits per heavy atom. The number of nitrogens with zero attached hydrogens (tertiary/aromatic N) is 1. The molecule has 1 amide bonds. The summed E-state index contributed by atoms with van der Waals surface area (Å²) in [6.45, 7) is 3.76. The highest BCUT2D eigenvalue weighted by molar-refractivity contribution is 6.08. The van der Waals surface area contributed by atoms with Gasteiger partial charge >= 0.3 is 0 Å². The molecule has 0 aliphatic carbocycles. The Balaban J connectivity index is 2.30. The van der Waals surface area contributed by atoms with Crippen LogP contribution in [0.4, 0.5) is 11.4 Å². The monoisotopic (exact) mass is 271 g/mol. The van der Waals surface area contributed by atoms with Gasteiger partial charge in [-0.05, 0) is 37.6 Å². The van der Waals surface area contributed by atoms with E-state index >= 15 is 0 Å². The van der Waals surface area contributed by atoms with E-state index in [9.17, 15) is 4.79 Å². The maximum atomic E-state index is 12.2. The van der Waals surface area contributed by atoms with E-state index in [1.165, 1.54) is 6.20 Å². The predicted octanol–water partition coefficient (Wildman–Crippen LogP) is 2.54. The number of aromatic nitrogens is 1. The standard InChI is InChI=1S/C15H17N3O2/c1-9-4-5-14(20-3)13(6-9)18-15(19)11-8-17-10(2)7-12(11)16/h4-8H,1-3H3,(H2,16,17)(H,18,19). The van der Waals surface area contributed by atoms with E-state index in [1.54, 1.807) is 13.2 Å². The fourth-order valence-electron chi connectivity index (χ4n) is 1.88. The summed E-state index contributed by atoms with van der Waals surface area (Å²) >= 11 is 0. The number of hydrogen-bond acceptors (Lipinski definition) is 4. The van der Waals surface area contributed by atoms with Gasteiger partial charge in [0.05, 0.1) is 18.4 Å². The Morgan fingerprint density at radius 3 is 2.70 bits per heavy atom. The lowest BCUT2D eigenvalue weighted by Crippen LogP contribution is -2.15. The van der Waals surface area contributed by atoms with Gasteiger partial charge in [0, 0.05) is 17.6 Å². The zero-order chi connectivity index (χ0) is 14.7. The average Bonchev–Trinajstić information content (AvgIpc) is 2.38. The number of nitrogen functional groups attached to an aromatic ring is 1. The van der Waals surface area contributed by atoms with Crippen LogP contribution in [0.25, 0.3) is 0 Å². The number of pyridine rings is 1. The molecule has 0 fully saturated rings. The molecule has 0 radical (unpaired) electrons. The summed E-state index contributed by atoms with van der Waals surface area (Å²) in [5, 5.41) is 2.79. The Labute approximate surface area is 117 Å². The molecule has 104 valence electrons. The molecule has 5 heteroatoms. The van der Waals surface area contributed by atoms with Crippen LogP contribution in [0.5, 0.6) is 5.75 Å². The second kappa shape index (κ2) is 5.61. The number of ether oxygens (including phenoxy) is 1. The third kappa shape index (κ3) is 2.88. The molecule has 3 N–H and O–H groups in total. The van der Waals surface area contributed by atoms with Crippen molar-refractivity contribution in [1.82, 2.24) is 4.98 Å². The van der Waals surface area contributed by atoms with E-state index in [0.717, 1.165) is 11.3 Å². The molecule has 1 aromatic heterocycles. The summed E-state index contributed by atoms with van der Waals surface area (Å²) < 4.78 is 5.22. The van der Waals surface area contributed by atoms with Crippen LogP contribution in [0, 0.1) is 13.8 Å². The third-order valence-corrected chi connectivity index (χ3v) is 2.92. The zero-order valence-corrected chi connectivity index (χ0v) is 11.7. The molecule has 20 heavy (non-hydrogen) atoms. The maximum Gasteiger partial charge on any atom is 0.259 e. The summed E-state index contributed by atoms with van der Waals surface area (Å²) in [5.41, 5.74) is 9.00. The first kappa shape index (κ1) is 13.9. The third-order valence-electron chi connectivity index (χ3n) is 2.92. The van der Waals surface area contributed by atoms with Gasteiger partial charge in [-0.15, -0.1) is 0 Å². The minimum Gasteiger partial charge on any atom is -0.495 e. The van der Waals surface area contributed by atoms with Crippen molar-refractivity contribution in [3.8, 4) is 5.75 Å². The van der Waals surface area contributed by atoms with Gasteiger partial charge in [-0.1, -0.05) is 6.07 Å². The molecule has 0 aliphatic rings. The normalized spacial score (nSPS) is 10.2. The molecule has 1 heterocycles. The quantitative estimate of drug-likeness (QED) is 0.899. The van der Waals surface area contributed by atoms with Gasteiger partial charge in [-0.25, -0.2) is 0 Å². The van der Waals surface area contributed by atoms with Crippen LogP contribution >= 0.6 is 0 Å². The fraction of sp³-hybridized carbons (Fsp3) is 0.200. The lowest BCUT2D eigenvalue weighted by Gasteiger charge is -2.12. The van der Waals surface area contributed by atoms with Gasteiger partial charge in [0.15, 0.2) is 0 Å². The molecule has 2 aromatic rings. The number of rotatable bonds is 3. The molecule has 0 atom stereocenters. The van der Waals surface area contributed by atoms with E-state index < -0.39 is 0 Å². The molecule has 0 unspecified atom stereocenters. The van der Waals surface area contributed by atoms with Crippen LogP contribution in [-0.4, -0.2) is 18.0 Å². The van der Waals surface area contributed by atoms with Crippen LogP contribution in [0.1, 0.15) is 21.6 Å². The number of nitrogens with two attached hydrogens (primary N) is 1. The van der Waals surface area contributed by atoms with Crippen molar-refractivity contribution in [3.05, 3.63) is 47.3 Å². The molecule has 0 spiro atoms. The second-order valence-electron chi connectivity index (χ2n) is 4.57. The van der Waals surface area contributed by atoms with E-state index in [1.807, 2.05) is 32.0 Å². The number of methoxy groups -OCH3 is 1. The van der Waals surface area contributed by atoms with Crippen LogP contribution in [-0.2, 0) is 0 Å². The highest BCUT2D eigenvalue weighted by Crippen LogP contribution is 2.26. The second-order valence-corrected chi connectivity index (χ2v) is 4.57. The van der Waals surface area contributed by atoms with Crippen molar-refractivity contribution < 1.29 is 9.53 Å². The first-order valence-corrected chi connectivity index (χ1v) is 6.19. The highest BCUT2D eigenvalue weighted by atomic mass is 16.5. The molecule has 0 saturated carbocycles. The number of benzene rings is 1. The first-order chi connectivity index (χ1) is 9.51. The molecule has 0 bridgehead atoms. The topological polar surface area (TPSA) is 77.2 Å². The van der Waals surface area contributed by atoms with Gasteiger partial charge in [0.2, 0.25) is 0 Å². The number of nitrogens with one attached hydrogen (secondary N) is 1. The van der Waals surface area contributed by atoms with Crippen LogP contribution < -0.4 is 15.8 Å². The Hall–Kier alpha value is -2.56. The average molecular weight is 271 g/mol. The number of amides is 1. The highest BCUT2D eigenvalue weighted by Gasteiger charge is 2.13. The predicted molar refractivity (Wildman–Crippen MR) is 79.1 cm³/mol. The minimum absolute atomic E-state index is 0.307. The Bertz CT molecular complexity index is 654. The summed E-state index contributed by atoms with van der Waals surface area (Å²) in [7, 11) is 1.56. The van der Waals surface area contributed by atoms with Gasteiger partial charge in [-0.3, -0.25) is 9.78 Å². The largest absolute Gasteiger partial charge is 0.495 e. The lowest BCUT2D eigenvalue weighted by molar-refractivity contribution is 0.102. The SMILES string of the molecule is COc1ccc(C)cc1NC(=O)c1cnc(C)cc1N. The molecule has 0 saturated heterocycles. The molecule has 2 rings (SSSR count). The van der Waals surface area contributed by atoms with E-state index in [2.05, 4.69) is 10.3 Å². The molecular weight excluding hydrogens is 254 g/mol. The molecular formula is C15H17N3O2. The first-order valence-electron chi connectivity index (χ1n) is 6.19. The van der Waals surface area contributed by atoms with Gasteiger partial charge in [0.25, 0.3) is 5.91 Å². The number of carbonyl (C=O) groups is 1. The van der Waals surface area contributed by atoms with Crippen molar-refractivity contribution in [2.45, 2.75) is 13.8 Å². The van der Waals surface area contributed by atoms with Crippen LogP contribution in [0.3, 0.4) is 0 Å². The summed E-state index contributed by atoms with van der Waals surface area (Å²) in [6.07, 6.45) is 1.47. The van der Waals surface area contributed by atoms with Gasteiger partial charge < -0.3 is 15.8 Å². The number of hydrogen-bond donors (Lipinski definition) is 2. The van der Waals surface area contributed by atoms with E-state index in [0.29, 0.717) is 22.7 Å². The van der Waals surface area contributed by atoms with Gasteiger partial charge in [0.1, 0.15) is 5.75 Å². The molecule has 0 aliphatic heterocycles. The van der Waals surface area contributed by atoms with Crippen LogP contribution in [0.2, 0.25) is 0 Å². The molecule has 5 nitrogen and oxygen atoms in total.